The fraction of sp³-hybridized carbons (Fsp3) is 0.531. The summed E-state index contributed by atoms with van der Waals surface area (Å²) in [5.41, 5.74) is 7.47. The molecule has 194 valence electrons. The van der Waals surface area contributed by atoms with E-state index in [4.69, 9.17) is 0 Å². The van der Waals surface area contributed by atoms with Gasteiger partial charge in [-0.05, 0) is 98.2 Å². The molecular formula is C32H40N3O2+. The number of pyridine rings is 1. The Morgan fingerprint density at radius 3 is 2.57 bits per heavy atom. The number of aliphatic hydroxyl groups excluding tert-OH is 1. The normalized spacial score (nSPS) is 35.8. The SMILES string of the molecule is C[C@]12CC[C@H]3[C@@H](CCC4=C/C(=N/NC(=O)c5ccc(C[n+]6ccccc6)cc5)CC[C@@]43C)[C@@H]1CC[C@@H]2O. The van der Waals surface area contributed by atoms with Crippen LogP contribution >= 0.6 is 0 Å². The highest BCUT2D eigenvalue weighted by Gasteiger charge is 2.58. The molecule has 3 saturated carbocycles. The van der Waals surface area contributed by atoms with E-state index in [-0.39, 0.29) is 22.8 Å². The number of nitrogens with zero attached hydrogens (tertiary/aromatic N) is 2. The van der Waals surface area contributed by atoms with Gasteiger partial charge in [0.15, 0.2) is 18.9 Å². The minimum Gasteiger partial charge on any atom is -0.393 e. The van der Waals surface area contributed by atoms with Crippen molar-refractivity contribution < 1.29 is 14.5 Å². The second-order valence-corrected chi connectivity index (χ2v) is 12.4. The van der Waals surface area contributed by atoms with Crippen LogP contribution in [0.4, 0.5) is 0 Å². The average Bonchev–Trinajstić information content (AvgIpc) is 3.22. The highest BCUT2D eigenvalue weighted by Crippen LogP contribution is 2.65. The Kier molecular flexibility index (Phi) is 6.30. The molecule has 0 saturated heterocycles. The summed E-state index contributed by atoms with van der Waals surface area (Å²) in [5, 5.41) is 15.3. The van der Waals surface area contributed by atoms with Gasteiger partial charge in [-0.25, -0.2) is 9.99 Å². The van der Waals surface area contributed by atoms with E-state index in [0.717, 1.165) is 55.8 Å². The lowest BCUT2D eigenvalue weighted by Crippen LogP contribution is -2.51. The number of hydrogen-bond donors (Lipinski definition) is 2. The Morgan fingerprint density at radius 1 is 1.00 bits per heavy atom. The van der Waals surface area contributed by atoms with E-state index in [1.165, 1.54) is 24.8 Å². The molecule has 1 amide bonds. The maximum atomic E-state index is 12.8. The van der Waals surface area contributed by atoms with E-state index >= 15 is 0 Å². The van der Waals surface area contributed by atoms with Crippen LogP contribution in [-0.2, 0) is 6.54 Å². The predicted octanol–water partition coefficient (Wildman–Crippen LogP) is 5.43. The van der Waals surface area contributed by atoms with Crippen molar-refractivity contribution in [2.45, 2.75) is 77.9 Å². The number of carbonyl (C=O) groups is 1. The summed E-state index contributed by atoms with van der Waals surface area (Å²) in [5.74, 6) is 1.96. The number of amides is 1. The minimum absolute atomic E-state index is 0.115. The van der Waals surface area contributed by atoms with Gasteiger partial charge in [0.25, 0.3) is 5.91 Å². The number of nitrogens with one attached hydrogen (secondary N) is 1. The highest BCUT2D eigenvalue weighted by molar-refractivity contribution is 5.99. The largest absolute Gasteiger partial charge is 0.393 e. The molecular weight excluding hydrogens is 458 g/mol. The number of rotatable bonds is 4. The van der Waals surface area contributed by atoms with Gasteiger partial charge in [0.2, 0.25) is 0 Å². The summed E-state index contributed by atoms with van der Waals surface area (Å²) in [6.07, 6.45) is 15.2. The number of carbonyl (C=O) groups excluding carboxylic acids is 1. The number of aliphatic hydroxyl groups is 1. The van der Waals surface area contributed by atoms with E-state index in [1.807, 2.05) is 54.9 Å². The molecule has 2 N–H and O–H groups in total. The molecule has 6 atom stereocenters. The summed E-state index contributed by atoms with van der Waals surface area (Å²) >= 11 is 0. The molecule has 3 fully saturated rings. The Bertz CT molecular complexity index is 1220. The summed E-state index contributed by atoms with van der Waals surface area (Å²) in [6.45, 7) is 5.61. The van der Waals surface area contributed by atoms with Crippen LogP contribution < -0.4 is 9.99 Å². The Balaban J connectivity index is 1.11. The zero-order chi connectivity index (χ0) is 25.6. The molecule has 1 aromatic carbocycles. The van der Waals surface area contributed by atoms with Crippen LogP contribution in [0.15, 0.2) is 71.6 Å². The van der Waals surface area contributed by atoms with Crippen molar-refractivity contribution in [2.75, 3.05) is 0 Å². The van der Waals surface area contributed by atoms with Crippen molar-refractivity contribution in [3.8, 4) is 0 Å². The quantitative estimate of drug-likeness (QED) is 0.436. The summed E-state index contributed by atoms with van der Waals surface area (Å²) < 4.78 is 2.11. The molecule has 0 aliphatic heterocycles. The van der Waals surface area contributed by atoms with Gasteiger partial charge in [0.05, 0.1) is 11.8 Å². The van der Waals surface area contributed by atoms with E-state index in [9.17, 15) is 9.90 Å². The van der Waals surface area contributed by atoms with Crippen LogP contribution in [0.25, 0.3) is 0 Å². The van der Waals surface area contributed by atoms with E-state index in [0.29, 0.717) is 17.4 Å². The van der Waals surface area contributed by atoms with Crippen molar-refractivity contribution in [2.24, 2.45) is 33.7 Å². The first kappa shape index (κ1) is 24.5. The summed E-state index contributed by atoms with van der Waals surface area (Å²) in [4.78, 5) is 12.8. The fourth-order valence-electron chi connectivity index (χ4n) is 8.33. The second-order valence-electron chi connectivity index (χ2n) is 12.4. The molecule has 37 heavy (non-hydrogen) atoms. The molecule has 6 rings (SSSR count). The van der Waals surface area contributed by atoms with Crippen LogP contribution in [0.2, 0.25) is 0 Å². The number of aromatic nitrogens is 1. The summed E-state index contributed by atoms with van der Waals surface area (Å²) in [6, 6.07) is 13.8. The Hall–Kier alpha value is -2.79. The van der Waals surface area contributed by atoms with Crippen molar-refractivity contribution in [3.05, 3.63) is 77.6 Å². The highest BCUT2D eigenvalue weighted by atomic mass is 16.3. The standard InChI is InChI=1S/C32H39N3O2/c1-31-16-14-25(20-24(31)10-11-26-27-12-13-29(36)32(27,2)17-15-28(26)31)33-34-30(37)23-8-6-22(7-9-23)21-35-18-4-3-5-19-35/h3-9,18-20,26-29,36H,10-17,21H2,1-2H3/p+1/b33-25+/t26-,27-,28-,29-,31-,32-/m0/s1. The monoisotopic (exact) mass is 498 g/mol. The number of hydrazone groups is 1. The number of benzene rings is 1. The lowest BCUT2D eigenvalue weighted by Gasteiger charge is -2.57. The molecule has 4 aliphatic carbocycles. The number of fused-ring (bicyclic) bond motifs is 5. The van der Waals surface area contributed by atoms with Gasteiger partial charge in [-0.1, -0.05) is 37.6 Å². The van der Waals surface area contributed by atoms with Crippen molar-refractivity contribution in [3.63, 3.8) is 0 Å². The maximum Gasteiger partial charge on any atom is 0.271 e. The first-order valence-electron chi connectivity index (χ1n) is 14.2. The molecule has 0 spiro atoms. The molecule has 2 aromatic rings. The van der Waals surface area contributed by atoms with E-state index < -0.39 is 0 Å². The van der Waals surface area contributed by atoms with E-state index in [1.54, 1.807) is 0 Å². The lowest BCUT2D eigenvalue weighted by molar-refractivity contribution is -0.688. The van der Waals surface area contributed by atoms with Crippen LogP contribution in [0, 0.1) is 28.6 Å². The molecule has 1 aromatic heterocycles. The first-order chi connectivity index (χ1) is 17.9. The van der Waals surface area contributed by atoms with Crippen molar-refractivity contribution >= 4 is 11.6 Å². The van der Waals surface area contributed by atoms with E-state index in [2.05, 4.69) is 35.0 Å². The fourth-order valence-corrected chi connectivity index (χ4v) is 8.33. The number of hydrogen-bond acceptors (Lipinski definition) is 3. The van der Waals surface area contributed by atoms with Gasteiger partial charge in [-0.15, -0.1) is 0 Å². The maximum absolute atomic E-state index is 12.8. The molecule has 0 bridgehead atoms. The smallest absolute Gasteiger partial charge is 0.271 e. The second kappa shape index (κ2) is 9.50. The summed E-state index contributed by atoms with van der Waals surface area (Å²) in [7, 11) is 0. The topological polar surface area (TPSA) is 65.6 Å². The first-order valence-corrected chi connectivity index (χ1v) is 14.2. The van der Waals surface area contributed by atoms with Crippen LogP contribution in [-0.4, -0.2) is 22.8 Å². The van der Waals surface area contributed by atoms with Crippen molar-refractivity contribution in [1.29, 1.82) is 0 Å². The zero-order valence-corrected chi connectivity index (χ0v) is 22.2. The minimum atomic E-state index is -0.159. The third-order valence-corrected chi connectivity index (χ3v) is 10.6. The van der Waals surface area contributed by atoms with Crippen molar-refractivity contribution in [1.82, 2.24) is 5.43 Å². The van der Waals surface area contributed by atoms with Gasteiger partial charge >= 0.3 is 0 Å². The predicted molar refractivity (Wildman–Crippen MR) is 145 cm³/mol. The van der Waals surface area contributed by atoms with Crippen LogP contribution in [0.5, 0.6) is 0 Å². The van der Waals surface area contributed by atoms with Gasteiger partial charge in [-0.2, -0.15) is 5.10 Å². The third-order valence-electron chi connectivity index (χ3n) is 10.6. The molecule has 4 aliphatic rings. The van der Waals surface area contributed by atoms with Gasteiger partial charge in [0, 0.05) is 23.3 Å². The molecule has 5 heteroatoms. The molecule has 1 heterocycles. The molecule has 0 unspecified atom stereocenters. The molecule has 5 nitrogen and oxygen atoms in total. The van der Waals surface area contributed by atoms with Gasteiger partial charge in [-0.3, -0.25) is 4.79 Å². The van der Waals surface area contributed by atoms with Gasteiger partial charge in [0.1, 0.15) is 0 Å². The van der Waals surface area contributed by atoms with Gasteiger partial charge < -0.3 is 5.11 Å². The zero-order valence-electron chi connectivity index (χ0n) is 22.2. The average molecular weight is 499 g/mol. The molecule has 0 radical (unpaired) electrons. The van der Waals surface area contributed by atoms with Crippen LogP contribution in [0.1, 0.15) is 81.1 Å². The number of allylic oxidation sites excluding steroid dienone is 2. The van der Waals surface area contributed by atoms with Crippen LogP contribution in [0.3, 0.4) is 0 Å². The lowest BCUT2D eigenvalue weighted by atomic mass is 9.47. The Morgan fingerprint density at radius 2 is 1.78 bits per heavy atom. The Labute approximate surface area is 220 Å². The third kappa shape index (κ3) is 4.35.